The van der Waals surface area contributed by atoms with Crippen molar-refractivity contribution in [3.8, 4) is 5.75 Å². The molecule has 0 unspecified atom stereocenters. The lowest BCUT2D eigenvalue weighted by Crippen LogP contribution is -2.46. The molecule has 1 fully saturated rings. The fraction of sp³-hybridized carbons (Fsp3) is 0.474. The molecule has 0 spiro atoms. The maximum Gasteiger partial charge on any atom is 0.143 e. The van der Waals surface area contributed by atoms with E-state index in [1.165, 1.54) is 0 Å². The van der Waals surface area contributed by atoms with Crippen molar-refractivity contribution in [3.63, 3.8) is 0 Å². The molecule has 0 amide bonds. The van der Waals surface area contributed by atoms with E-state index in [0.29, 0.717) is 0 Å². The summed E-state index contributed by atoms with van der Waals surface area (Å²) >= 11 is 0. The van der Waals surface area contributed by atoms with E-state index < -0.39 is 0 Å². The van der Waals surface area contributed by atoms with Gasteiger partial charge >= 0.3 is 0 Å². The summed E-state index contributed by atoms with van der Waals surface area (Å²) in [6.45, 7) is 11.5. The first-order chi connectivity index (χ1) is 12.2. The number of para-hydroxylation sites is 2. The Morgan fingerprint density at radius 2 is 1.88 bits per heavy atom. The van der Waals surface area contributed by atoms with E-state index in [9.17, 15) is 0 Å². The molecule has 0 aliphatic carbocycles. The van der Waals surface area contributed by atoms with Crippen LogP contribution in [0.3, 0.4) is 0 Å². The highest BCUT2D eigenvalue weighted by atomic mass is 16.5. The average Bonchev–Trinajstić information content (AvgIpc) is 2.63. The Bertz CT molecular complexity index is 683. The minimum atomic E-state index is 0.124. The standard InChI is InChI=1S/C19H27N5O/c1-4-23-9-11-24(12-10-23)19-13-18(20-14-21-19)22-16-7-5-6-8-17(16)25-15(2)3/h5-8,13-15H,4,9-12H2,1-3H3,(H,20,21,22). The predicted molar refractivity (Wildman–Crippen MR) is 102 cm³/mol. The van der Waals surface area contributed by atoms with E-state index in [0.717, 1.165) is 55.8 Å². The van der Waals surface area contributed by atoms with Crippen molar-refractivity contribution >= 4 is 17.3 Å². The van der Waals surface area contributed by atoms with Gasteiger partial charge in [0.1, 0.15) is 23.7 Å². The molecule has 1 N–H and O–H groups in total. The van der Waals surface area contributed by atoms with E-state index in [-0.39, 0.29) is 6.10 Å². The molecule has 6 heteroatoms. The monoisotopic (exact) mass is 341 g/mol. The van der Waals surface area contributed by atoms with Gasteiger partial charge in [-0.2, -0.15) is 0 Å². The van der Waals surface area contributed by atoms with Crippen LogP contribution in [0.25, 0.3) is 0 Å². The van der Waals surface area contributed by atoms with Crippen LogP contribution in [-0.4, -0.2) is 53.7 Å². The summed E-state index contributed by atoms with van der Waals surface area (Å²) in [6.07, 6.45) is 1.74. The van der Waals surface area contributed by atoms with Gasteiger partial charge in [0.2, 0.25) is 0 Å². The Labute approximate surface area is 149 Å². The van der Waals surface area contributed by atoms with Crippen molar-refractivity contribution < 1.29 is 4.74 Å². The second kappa shape index (κ2) is 8.16. The van der Waals surface area contributed by atoms with E-state index in [2.05, 4.69) is 32.0 Å². The molecular formula is C19H27N5O. The van der Waals surface area contributed by atoms with Crippen LogP contribution >= 0.6 is 0 Å². The maximum absolute atomic E-state index is 5.87. The molecular weight excluding hydrogens is 314 g/mol. The Balaban J connectivity index is 1.72. The Kier molecular flexibility index (Phi) is 5.71. The number of nitrogens with zero attached hydrogens (tertiary/aromatic N) is 4. The molecule has 3 rings (SSSR count). The minimum absolute atomic E-state index is 0.124. The SMILES string of the molecule is CCN1CCN(c2cc(Nc3ccccc3OC(C)C)ncn2)CC1. The lowest BCUT2D eigenvalue weighted by Gasteiger charge is -2.34. The summed E-state index contributed by atoms with van der Waals surface area (Å²) in [5, 5.41) is 3.36. The van der Waals surface area contributed by atoms with Gasteiger partial charge in [0.05, 0.1) is 11.8 Å². The zero-order chi connectivity index (χ0) is 17.6. The summed E-state index contributed by atoms with van der Waals surface area (Å²) in [5.41, 5.74) is 0.914. The summed E-state index contributed by atoms with van der Waals surface area (Å²) in [6, 6.07) is 9.94. The van der Waals surface area contributed by atoms with Crippen LogP contribution in [0.5, 0.6) is 5.75 Å². The first kappa shape index (κ1) is 17.5. The zero-order valence-electron chi connectivity index (χ0n) is 15.3. The zero-order valence-corrected chi connectivity index (χ0v) is 15.3. The van der Waals surface area contributed by atoms with Crippen LogP contribution in [0.4, 0.5) is 17.3 Å². The van der Waals surface area contributed by atoms with Gasteiger partial charge in [-0.25, -0.2) is 9.97 Å². The number of hydrogen-bond acceptors (Lipinski definition) is 6. The van der Waals surface area contributed by atoms with Gasteiger partial charge in [0, 0.05) is 32.2 Å². The lowest BCUT2D eigenvalue weighted by molar-refractivity contribution is 0.244. The van der Waals surface area contributed by atoms with Gasteiger partial charge in [-0.15, -0.1) is 0 Å². The number of likely N-dealkylation sites (N-methyl/N-ethyl adjacent to an activating group) is 1. The summed E-state index contributed by atoms with van der Waals surface area (Å²) in [7, 11) is 0. The molecule has 2 aromatic rings. The van der Waals surface area contributed by atoms with Gasteiger partial charge < -0.3 is 19.9 Å². The Morgan fingerprint density at radius 1 is 1.12 bits per heavy atom. The summed E-state index contributed by atoms with van der Waals surface area (Å²) < 4.78 is 5.87. The largest absolute Gasteiger partial charge is 0.489 e. The maximum atomic E-state index is 5.87. The van der Waals surface area contributed by atoms with E-state index in [1.54, 1.807) is 6.33 Å². The smallest absolute Gasteiger partial charge is 0.143 e. The number of piperazine rings is 1. The number of benzene rings is 1. The van der Waals surface area contributed by atoms with Crippen LogP contribution < -0.4 is 15.0 Å². The van der Waals surface area contributed by atoms with Crippen molar-refractivity contribution in [1.82, 2.24) is 14.9 Å². The molecule has 2 heterocycles. The van der Waals surface area contributed by atoms with Gasteiger partial charge in [-0.05, 0) is 32.5 Å². The molecule has 1 saturated heterocycles. The Morgan fingerprint density at radius 3 is 2.60 bits per heavy atom. The number of rotatable bonds is 6. The predicted octanol–water partition coefficient (Wildman–Crippen LogP) is 3.15. The molecule has 6 nitrogen and oxygen atoms in total. The summed E-state index contributed by atoms with van der Waals surface area (Å²) in [4.78, 5) is 13.6. The minimum Gasteiger partial charge on any atom is -0.489 e. The Hall–Kier alpha value is -2.34. The van der Waals surface area contributed by atoms with Crippen LogP contribution in [-0.2, 0) is 0 Å². The van der Waals surface area contributed by atoms with Crippen molar-refractivity contribution in [2.24, 2.45) is 0 Å². The molecule has 134 valence electrons. The summed E-state index contributed by atoms with van der Waals surface area (Å²) in [5.74, 6) is 2.58. The first-order valence-corrected chi connectivity index (χ1v) is 8.97. The lowest BCUT2D eigenvalue weighted by atomic mass is 10.2. The van der Waals surface area contributed by atoms with Crippen molar-refractivity contribution in [1.29, 1.82) is 0 Å². The molecule has 0 bridgehead atoms. The van der Waals surface area contributed by atoms with Crippen molar-refractivity contribution in [2.45, 2.75) is 26.9 Å². The fourth-order valence-electron chi connectivity index (χ4n) is 2.95. The highest BCUT2D eigenvalue weighted by Crippen LogP contribution is 2.28. The van der Waals surface area contributed by atoms with Gasteiger partial charge in [-0.1, -0.05) is 19.1 Å². The van der Waals surface area contributed by atoms with Gasteiger partial charge in [-0.3, -0.25) is 0 Å². The third kappa shape index (κ3) is 4.60. The van der Waals surface area contributed by atoms with Crippen LogP contribution in [0.1, 0.15) is 20.8 Å². The molecule has 1 aromatic carbocycles. The van der Waals surface area contributed by atoms with E-state index in [1.807, 2.05) is 44.2 Å². The van der Waals surface area contributed by atoms with Crippen LogP contribution in [0.2, 0.25) is 0 Å². The highest BCUT2D eigenvalue weighted by Gasteiger charge is 2.17. The molecule has 1 aromatic heterocycles. The van der Waals surface area contributed by atoms with Crippen molar-refractivity contribution in [2.75, 3.05) is 42.9 Å². The normalized spacial score (nSPS) is 15.4. The number of hydrogen-bond donors (Lipinski definition) is 1. The molecule has 25 heavy (non-hydrogen) atoms. The molecule has 0 saturated carbocycles. The molecule has 1 aliphatic rings. The topological polar surface area (TPSA) is 53.5 Å². The number of anilines is 3. The number of ether oxygens (including phenoxy) is 1. The van der Waals surface area contributed by atoms with E-state index >= 15 is 0 Å². The average molecular weight is 341 g/mol. The van der Waals surface area contributed by atoms with E-state index in [4.69, 9.17) is 4.74 Å². The number of aromatic nitrogens is 2. The molecule has 0 radical (unpaired) electrons. The second-order valence-corrected chi connectivity index (χ2v) is 6.47. The van der Waals surface area contributed by atoms with Gasteiger partial charge in [0.25, 0.3) is 0 Å². The third-order valence-corrected chi connectivity index (χ3v) is 4.31. The first-order valence-electron chi connectivity index (χ1n) is 8.97. The second-order valence-electron chi connectivity index (χ2n) is 6.47. The fourth-order valence-corrected chi connectivity index (χ4v) is 2.95. The third-order valence-electron chi connectivity index (χ3n) is 4.31. The molecule has 0 atom stereocenters. The molecule has 1 aliphatic heterocycles. The number of nitrogens with one attached hydrogen (secondary N) is 1. The van der Waals surface area contributed by atoms with Crippen molar-refractivity contribution in [3.05, 3.63) is 36.7 Å². The van der Waals surface area contributed by atoms with Gasteiger partial charge in [0.15, 0.2) is 0 Å². The van der Waals surface area contributed by atoms with Crippen LogP contribution in [0.15, 0.2) is 36.7 Å². The highest BCUT2D eigenvalue weighted by molar-refractivity contribution is 5.65. The van der Waals surface area contributed by atoms with Crippen LogP contribution in [0, 0.1) is 0 Å². The quantitative estimate of drug-likeness (QED) is 0.871.